The lowest BCUT2D eigenvalue weighted by molar-refractivity contribution is 0.325. The van der Waals surface area contributed by atoms with Crippen LogP contribution in [0.4, 0.5) is 0 Å². The van der Waals surface area contributed by atoms with Crippen LogP contribution in [0.15, 0.2) is 12.1 Å². The molecule has 88 valence electrons. The molecule has 1 aromatic rings. The van der Waals surface area contributed by atoms with Crippen molar-refractivity contribution in [3.63, 3.8) is 0 Å². The average molecular weight is 255 g/mol. The summed E-state index contributed by atoms with van der Waals surface area (Å²) in [4.78, 5) is 2.89. The first kappa shape index (κ1) is 11.1. The van der Waals surface area contributed by atoms with E-state index in [0.29, 0.717) is 5.38 Å². The molecule has 4 atom stereocenters. The molecule has 2 saturated carbocycles. The van der Waals surface area contributed by atoms with Gasteiger partial charge in [0.05, 0.1) is 5.38 Å². The smallest absolute Gasteiger partial charge is 0.0709 e. The van der Waals surface area contributed by atoms with E-state index >= 15 is 0 Å². The molecule has 16 heavy (non-hydrogen) atoms. The van der Waals surface area contributed by atoms with Crippen molar-refractivity contribution in [1.29, 1.82) is 0 Å². The summed E-state index contributed by atoms with van der Waals surface area (Å²) in [7, 11) is 0. The van der Waals surface area contributed by atoms with E-state index in [1.54, 1.807) is 0 Å². The predicted molar refractivity (Wildman–Crippen MR) is 71.2 cm³/mol. The minimum Gasteiger partial charge on any atom is -0.144 e. The summed E-state index contributed by atoms with van der Waals surface area (Å²) in [5.74, 6) is 2.70. The van der Waals surface area contributed by atoms with Crippen molar-refractivity contribution in [2.24, 2.45) is 17.8 Å². The van der Waals surface area contributed by atoms with E-state index in [0.717, 1.165) is 24.2 Å². The van der Waals surface area contributed by atoms with E-state index in [-0.39, 0.29) is 0 Å². The Kier molecular flexibility index (Phi) is 3.01. The largest absolute Gasteiger partial charge is 0.144 e. The van der Waals surface area contributed by atoms with Gasteiger partial charge in [-0.25, -0.2) is 0 Å². The molecule has 0 spiro atoms. The van der Waals surface area contributed by atoms with Gasteiger partial charge in [-0.15, -0.1) is 22.9 Å². The lowest BCUT2D eigenvalue weighted by atomic mass is 9.86. The molecule has 0 aliphatic heterocycles. The van der Waals surface area contributed by atoms with Crippen LogP contribution in [0.3, 0.4) is 0 Å². The molecule has 2 heteroatoms. The molecule has 2 aliphatic carbocycles. The average Bonchev–Trinajstić information content (AvgIpc) is 3.03. The fraction of sp³-hybridized carbons (Fsp3) is 0.714. The molecular formula is C14H19ClS. The number of hydrogen-bond donors (Lipinski definition) is 0. The van der Waals surface area contributed by atoms with Gasteiger partial charge >= 0.3 is 0 Å². The van der Waals surface area contributed by atoms with Crippen molar-refractivity contribution in [3.8, 4) is 0 Å². The highest BCUT2D eigenvalue weighted by Crippen LogP contribution is 2.54. The number of thiophene rings is 1. The fourth-order valence-electron chi connectivity index (χ4n) is 3.60. The van der Waals surface area contributed by atoms with Crippen molar-refractivity contribution in [2.75, 3.05) is 0 Å². The third kappa shape index (κ3) is 1.82. The Bertz CT molecular complexity index is 371. The Balaban J connectivity index is 1.75. The van der Waals surface area contributed by atoms with E-state index in [1.165, 1.54) is 35.4 Å². The van der Waals surface area contributed by atoms with Crippen LogP contribution in [0.25, 0.3) is 0 Å². The van der Waals surface area contributed by atoms with Gasteiger partial charge in [-0.2, -0.15) is 0 Å². The molecule has 0 nitrogen and oxygen atoms in total. The third-order valence-corrected chi connectivity index (χ3v) is 6.47. The lowest BCUT2D eigenvalue weighted by Gasteiger charge is -2.25. The minimum absolute atomic E-state index is 0.292. The fourth-order valence-corrected chi connectivity index (χ4v) is 5.12. The van der Waals surface area contributed by atoms with E-state index in [2.05, 4.69) is 19.1 Å². The van der Waals surface area contributed by atoms with Crippen LogP contribution in [0.2, 0.25) is 0 Å². The Labute approximate surface area is 107 Å². The van der Waals surface area contributed by atoms with Gasteiger partial charge in [-0.05, 0) is 55.6 Å². The van der Waals surface area contributed by atoms with Gasteiger partial charge in [0.2, 0.25) is 0 Å². The van der Waals surface area contributed by atoms with E-state index in [1.807, 2.05) is 11.3 Å². The molecule has 0 N–H and O–H groups in total. The summed E-state index contributed by atoms with van der Waals surface area (Å²) in [6.45, 7) is 2.22. The second kappa shape index (κ2) is 4.34. The summed E-state index contributed by atoms with van der Waals surface area (Å²) in [5.41, 5.74) is 0. The Hall–Kier alpha value is -0.0100. The van der Waals surface area contributed by atoms with Gasteiger partial charge in [0.1, 0.15) is 0 Å². The van der Waals surface area contributed by atoms with Crippen LogP contribution in [0.5, 0.6) is 0 Å². The molecular weight excluding hydrogens is 236 g/mol. The second-order valence-corrected chi connectivity index (χ2v) is 7.07. The molecule has 0 radical (unpaired) electrons. The van der Waals surface area contributed by atoms with E-state index in [9.17, 15) is 0 Å². The predicted octanol–water partition coefficient (Wildman–Crippen LogP) is 5.03. The van der Waals surface area contributed by atoms with Crippen LogP contribution < -0.4 is 0 Å². The van der Waals surface area contributed by atoms with Gasteiger partial charge in [0, 0.05) is 9.75 Å². The van der Waals surface area contributed by atoms with Crippen molar-refractivity contribution >= 4 is 22.9 Å². The Morgan fingerprint density at radius 2 is 2.25 bits per heavy atom. The zero-order chi connectivity index (χ0) is 11.1. The number of hydrogen-bond acceptors (Lipinski definition) is 1. The van der Waals surface area contributed by atoms with E-state index < -0.39 is 0 Å². The first-order valence-corrected chi connectivity index (χ1v) is 7.76. The maximum atomic E-state index is 6.69. The molecule has 3 rings (SSSR count). The second-order valence-electron chi connectivity index (χ2n) is 5.40. The zero-order valence-corrected chi connectivity index (χ0v) is 11.4. The maximum absolute atomic E-state index is 6.69. The number of halogens is 1. The van der Waals surface area contributed by atoms with Gasteiger partial charge in [-0.3, -0.25) is 0 Å². The maximum Gasteiger partial charge on any atom is 0.0709 e. The van der Waals surface area contributed by atoms with Crippen LogP contribution in [-0.4, -0.2) is 0 Å². The van der Waals surface area contributed by atoms with Crippen LogP contribution in [0, 0.1) is 17.8 Å². The van der Waals surface area contributed by atoms with Crippen molar-refractivity contribution < 1.29 is 0 Å². The highest BCUT2D eigenvalue weighted by molar-refractivity contribution is 7.12. The zero-order valence-electron chi connectivity index (χ0n) is 9.79. The monoisotopic (exact) mass is 254 g/mol. The number of rotatable bonds is 3. The normalized spacial score (nSPS) is 34.5. The number of alkyl halides is 1. The van der Waals surface area contributed by atoms with Crippen molar-refractivity contribution in [1.82, 2.24) is 0 Å². The van der Waals surface area contributed by atoms with Gasteiger partial charge < -0.3 is 0 Å². The quantitative estimate of drug-likeness (QED) is 0.664. The summed E-state index contributed by atoms with van der Waals surface area (Å²) in [6.07, 6.45) is 6.89. The van der Waals surface area contributed by atoms with Crippen LogP contribution in [-0.2, 0) is 6.42 Å². The molecule has 0 aromatic carbocycles. The van der Waals surface area contributed by atoms with Gasteiger partial charge in [0.25, 0.3) is 0 Å². The summed E-state index contributed by atoms with van der Waals surface area (Å²) >= 11 is 8.61. The first-order chi connectivity index (χ1) is 7.78. The molecule has 2 bridgehead atoms. The standard InChI is InChI=1S/C14H19ClS/c1-2-11-5-6-13(16-11)14(15)12-8-9-3-4-10(12)7-9/h5-6,9-10,12,14H,2-4,7-8H2,1H3. The number of aryl methyl sites for hydroxylation is 1. The molecule has 2 aliphatic rings. The molecule has 0 amide bonds. The molecule has 1 heterocycles. The Morgan fingerprint density at radius 3 is 2.81 bits per heavy atom. The third-order valence-electron chi connectivity index (χ3n) is 4.47. The molecule has 2 fully saturated rings. The van der Waals surface area contributed by atoms with Crippen LogP contribution in [0.1, 0.15) is 47.7 Å². The van der Waals surface area contributed by atoms with Crippen molar-refractivity contribution in [2.45, 2.75) is 44.4 Å². The molecule has 1 aromatic heterocycles. The first-order valence-electron chi connectivity index (χ1n) is 6.50. The van der Waals surface area contributed by atoms with Crippen molar-refractivity contribution in [3.05, 3.63) is 21.9 Å². The topological polar surface area (TPSA) is 0 Å². The summed E-state index contributed by atoms with van der Waals surface area (Å²) in [6, 6.07) is 4.51. The molecule has 4 unspecified atom stereocenters. The van der Waals surface area contributed by atoms with Gasteiger partial charge in [-0.1, -0.05) is 13.3 Å². The highest BCUT2D eigenvalue weighted by atomic mass is 35.5. The summed E-state index contributed by atoms with van der Waals surface area (Å²) < 4.78 is 0. The highest BCUT2D eigenvalue weighted by Gasteiger charge is 2.43. The lowest BCUT2D eigenvalue weighted by Crippen LogP contribution is -2.15. The minimum atomic E-state index is 0.292. The van der Waals surface area contributed by atoms with E-state index in [4.69, 9.17) is 11.6 Å². The number of fused-ring (bicyclic) bond motifs is 2. The van der Waals surface area contributed by atoms with Gasteiger partial charge in [0.15, 0.2) is 0 Å². The summed E-state index contributed by atoms with van der Waals surface area (Å²) in [5, 5.41) is 0.292. The SMILES string of the molecule is CCc1ccc(C(Cl)C2CC3CCC2C3)s1. The Morgan fingerprint density at radius 1 is 1.38 bits per heavy atom. The molecule has 0 saturated heterocycles. The van der Waals surface area contributed by atoms with Crippen LogP contribution >= 0.6 is 22.9 Å².